The lowest BCUT2D eigenvalue weighted by atomic mass is 10.1. The Morgan fingerprint density at radius 2 is 1.85 bits per heavy atom. The molecule has 1 aliphatic heterocycles. The number of benzene rings is 1. The van der Waals surface area contributed by atoms with Crippen molar-refractivity contribution in [3.63, 3.8) is 0 Å². The third-order valence-electron chi connectivity index (χ3n) is 4.16. The predicted octanol–water partition coefficient (Wildman–Crippen LogP) is 1.11. The summed E-state index contributed by atoms with van der Waals surface area (Å²) in [5.41, 5.74) is 6.71. The number of carbonyl (C=O) groups is 4. The minimum atomic E-state index is -1.15. The molecule has 0 radical (unpaired) electrons. The monoisotopic (exact) mass is 361 g/mol. The van der Waals surface area contributed by atoms with Gasteiger partial charge in [0.05, 0.1) is 5.92 Å². The maximum Gasteiger partial charge on any atom is 0.318 e. The van der Waals surface area contributed by atoms with E-state index in [1.807, 2.05) is 36.5 Å². The molecule has 3 N–H and O–H groups in total. The molecule has 26 heavy (non-hydrogen) atoms. The number of nitrogens with zero attached hydrogens (tertiary/aromatic N) is 1. The van der Waals surface area contributed by atoms with Gasteiger partial charge in [-0.3, -0.25) is 19.7 Å². The Balaban J connectivity index is 2.05. The van der Waals surface area contributed by atoms with Crippen LogP contribution < -0.4 is 16.0 Å². The lowest BCUT2D eigenvalue weighted by molar-refractivity contribution is -0.161. The van der Waals surface area contributed by atoms with E-state index in [1.165, 1.54) is 4.90 Å². The molecule has 0 saturated carbocycles. The van der Waals surface area contributed by atoms with Gasteiger partial charge in [0.15, 0.2) is 6.10 Å². The van der Waals surface area contributed by atoms with Gasteiger partial charge in [-0.15, -0.1) is 0 Å². The van der Waals surface area contributed by atoms with Crippen LogP contribution in [-0.2, 0) is 19.1 Å². The molecule has 4 amide bonds. The smallest absolute Gasteiger partial charge is 0.318 e. The van der Waals surface area contributed by atoms with E-state index in [1.54, 1.807) is 13.8 Å². The first-order valence-corrected chi connectivity index (χ1v) is 8.37. The fraction of sp³-hybridized carbons (Fsp3) is 0.444. The van der Waals surface area contributed by atoms with E-state index in [0.29, 0.717) is 5.69 Å². The van der Waals surface area contributed by atoms with Crippen LogP contribution >= 0.6 is 0 Å². The summed E-state index contributed by atoms with van der Waals surface area (Å²) >= 11 is 0. The number of hydrogen-bond acceptors (Lipinski definition) is 5. The molecule has 0 aliphatic carbocycles. The van der Waals surface area contributed by atoms with Crippen LogP contribution in [0.1, 0.15) is 25.8 Å². The Labute approximate surface area is 151 Å². The molecule has 2 atom stereocenters. The molecule has 1 saturated heterocycles. The Hall–Kier alpha value is -2.90. The number of primary amides is 1. The number of urea groups is 1. The summed E-state index contributed by atoms with van der Waals surface area (Å²) in [6.07, 6.45) is -1.15. The van der Waals surface area contributed by atoms with Crippen molar-refractivity contribution in [2.45, 2.75) is 33.3 Å². The number of ether oxygens (including phenoxy) is 1. The van der Waals surface area contributed by atoms with Gasteiger partial charge >= 0.3 is 12.0 Å². The van der Waals surface area contributed by atoms with Crippen molar-refractivity contribution in [2.24, 2.45) is 17.6 Å². The summed E-state index contributed by atoms with van der Waals surface area (Å²) < 4.78 is 5.27. The Kier molecular flexibility index (Phi) is 5.97. The third kappa shape index (κ3) is 4.59. The van der Waals surface area contributed by atoms with Crippen molar-refractivity contribution in [3.8, 4) is 0 Å². The van der Waals surface area contributed by atoms with Crippen molar-refractivity contribution in [2.75, 3.05) is 11.4 Å². The Morgan fingerprint density at radius 3 is 2.38 bits per heavy atom. The molecule has 0 unspecified atom stereocenters. The molecule has 1 aromatic rings. The summed E-state index contributed by atoms with van der Waals surface area (Å²) in [5, 5.41) is 1.91. The quantitative estimate of drug-likeness (QED) is 0.762. The highest BCUT2D eigenvalue weighted by molar-refractivity contribution is 6.00. The number of carbonyl (C=O) groups excluding carboxylic acids is 4. The van der Waals surface area contributed by atoms with Crippen LogP contribution in [0, 0.1) is 18.8 Å². The molecule has 2 rings (SSSR count). The number of esters is 1. The molecule has 8 heteroatoms. The average molecular weight is 361 g/mol. The van der Waals surface area contributed by atoms with Gasteiger partial charge in [-0.25, -0.2) is 4.79 Å². The van der Waals surface area contributed by atoms with E-state index < -0.39 is 29.9 Å². The van der Waals surface area contributed by atoms with Crippen molar-refractivity contribution in [3.05, 3.63) is 29.8 Å². The van der Waals surface area contributed by atoms with Crippen LogP contribution in [0.2, 0.25) is 0 Å². The second-order valence-corrected chi connectivity index (χ2v) is 6.70. The topological polar surface area (TPSA) is 119 Å². The van der Waals surface area contributed by atoms with Crippen LogP contribution in [-0.4, -0.2) is 36.5 Å². The second kappa shape index (κ2) is 7.99. The zero-order valence-electron chi connectivity index (χ0n) is 15.0. The van der Waals surface area contributed by atoms with Gasteiger partial charge in [-0.05, 0) is 25.0 Å². The van der Waals surface area contributed by atoms with E-state index in [9.17, 15) is 19.2 Å². The first-order chi connectivity index (χ1) is 12.2. The van der Waals surface area contributed by atoms with Crippen LogP contribution in [0.15, 0.2) is 24.3 Å². The number of nitrogens with one attached hydrogen (secondary N) is 1. The number of rotatable bonds is 5. The summed E-state index contributed by atoms with van der Waals surface area (Å²) in [6.45, 7) is 5.48. The first kappa shape index (κ1) is 19.4. The molecular formula is C18H23N3O5. The highest BCUT2D eigenvalue weighted by Gasteiger charge is 2.38. The molecule has 140 valence electrons. The van der Waals surface area contributed by atoms with Crippen molar-refractivity contribution >= 4 is 29.5 Å². The van der Waals surface area contributed by atoms with E-state index >= 15 is 0 Å². The highest BCUT2D eigenvalue weighted by atomic mass is 16.5. The SMILES string of the molecule is Cc1ccc(N2C[C@@H](C(=O)O[C@@H](C(=O)NC(N)=O)C(C)C)CC2=O)cc1. The van der Waals surface area contributed by atoms with Crippen molar-refractivity contribution in [1.82, 2.24) is 5.32 Å². The normalized spacial score (nSPS) is 17.9. The molecule has 1 fully saturated rings. The fourth-order valence-electron chi connectivity index (χ4n) is 2.75. The second-order valence-electron chi connectivity index (χ2n) is 6.70. The van der Waals surface area contributed by atoms with E-state index in [-0.39, 0.29) is 24.8 Å². The molecule has 0 aromatic heterocycles. The Morgan fingerprint density at radius 1 is 1.23 bits per heavy atom. The highest BCUT2D eigenvalue weighted by Crippen LogP contribution is 2.26. The zero-order chi connectivity index (χ0) is 19.4. The van der Waals surface area contributed by atoms with Crippen molar-refractivity contribution in [1.29, 1.82) is 0 Å². The number of hydrogen-bond donors (Lipinski definition) is 2. The van der Waals surface area contributed by atoms with Crippen LogP contribution in [0.4, 0.5) is 10.5 Å². The first-order valence-electron chi connectivity index (χ1n) is 8.37. The number of amides is 4. The number of nitrogens with two attached hydrogens (primary N) is 1. The summed E-state index contributed by atoms with van der Waals surface area (Å²) in [4.78, 5) is 49.0. The fourth-order valence-corrected chi connectivity index (χ4v) is 2.75. The lowest BCUT2D eigenvalue weighted by Crippen LogP contribution is -2.46. The van der Waals surface area contributed by atoms with Gasteiger partial charge in [0.1, 0.15) is 0 Å². The van der Waals surface area contributed by atoms with Gasteiger partial charge in [0.25, 0.3) is 5.91 Å². The zero-order valence-corrected chi connectivity index (χ0v) is 15.0. The number of imide groups is 1. The standard InChI is InChI=1S/C18H23N3O5/c1-10(2)15(16(23)20-18(19)25)26-17(24)12-8-14(22)21(9-12)13-6-4-11(3)5-7-13/h4-7,10,12,15H,8-9H2,1-3H3,(H3,19,20,23,25)/t12-,15+/m0/s1. The summed E-state index contributed by atoms with van der Waals surface area (Å²) in [7, 11) is 0. The van der Waals surface area contributed by atoms with E-state index in [4.69, 9.17) is 10.5 Å². The minimum Gasteiger partial charge on any atom is -0.452 e. The molecule has 1 aliphatic rings. The minimum absolute atomic E-state index is 0.00889. The summed E-state index contributed by atoms with van der Waals surface area (Å²) in [6, 6.07) is 6.39. The number of anilines is 1. The van der Waals surface area contributed by atoms with Crippen LogP contribution in [0.25, 0.3) is 0 Å². The maximum absolute atomic E-state index is 12.4. The average Bonchev–Trinajstić information content (AvgIpc) is 2.94. The largest absolute Gasteiger partial charge is 0.452 e. The predicted molar refractivity (Wildman–Crippen MR) is 94.1 cm³/mol. The van der Waals surface area contributed by atoms with E-state index in [0.717, 1.165) is 5.56 Å². The lowest BCUT2D eigenvalue weighted by Gasteiger charge is -2.22. The van der Waals surface area contributed by atoms with Crippen molar-refractivity contribution < 1.29 is 23.9 Å². The third-order valence-corrected chi connectivity index (χ3v) is 4.16. The van der Waals surface area contributed by atoms with Gasteiger partial charge in [-0.2, -0.15) is 0 Å². The molecule has 0 bridgehead atoms. The summed E-state index contributed by atoms with van der Waals surface area (Å²) in [5.74, 6) is -2.64. The van der Waals surface area contributed by atoms with Gasteiger partial charge in [-0.1, -0.05) is 31.5 Å². The van der Waals surface area contributed by atoms with E-state index in [2.05, 4.69) is 0 Å². The number of aryl methyl sites for hydroxylation is 1. The van der Waals surface area contributed by atoms with Crippen LogP contribution in [0.3, 0.4) is 0 Å². The molecule has 8 nitrogen and oxygen atoms in total. The molecule has 1 aromatic carbocycles. The molecule has 0 spiro atoms. The molecular weight excluding hydrogens is 338 g/mol. The van der Waals surface area contributed by atoms with Gasteiger partial charge < -0.3 is 15.4 Å². The Bertz CT molecular complexity index is 714. The van der Waals surface area contributed by atoms with Gasteiger partial charge in [0, 0.05) is 18.7 Å². The van der Waals surface area contributed by atoms with Crippen LogP contribution in [0.5, 0.6) is 0 Å². The molecule has 1 heterocycles. The maximum atomic E-state index is 12.4. The van der Waals surface area contributed by atoms with Gasteiger partial charge in [0.2, 0.25) is 5.91 Å².